The maximum Gasteiger partial charge on any atom is 0.410 e. The third-order valence-corrected chi connectivity index (χ3v) is 5.06. The molecule has 1 saturated heterocycles. The number of likely N-dealkylation sites (tertiary alicyclic amines) is 1. The van der Waals surface area contributed by atoms with Crippen molar-refractivity contribution in [2.75, 3.05) is 0 Å². The van der Waals surface area contributed by atoms with Crippen molar-refractivity contribution in [3.63, 3.8) is 0 Å². The number of aryl methyl sites for hydroxylation is 1. The Morgan fingerprint density at radius 1 is 1.40 bits per heavy atom. The Bertz CT molecular complexity index is 666. The van der Waals surface area contributed by atoms with Gasteiger partial charge in [-0.25, -0.2) is 4.79 Å². The Labute approximate surface area is 150 Å². The van der Waals surface area contributed by atoms with E-state index in [2.05, 4.69) is 29.9 Å². The first-order valence-electron chi connectivity index (χ1n) is 9.37. The fourth-order valence-corrected chi connectivity index (χ4v) is 3.99. The number of fused-ring (bicyclic) bond motifs is 1. The number of amides is 1. The summed E-state index contributed by atoms with van der Waals surface area (Å²) >= 11 is 0. The highest BCUT2D eigenvalue weighted by atomic mass is 16.6. The van der Waals surface area contributed by atoms with Crippen LogP contribution < -0.4 is 0 Å². The summed E-state index contributed by atoms with van der Waals surface area (Å²) in [5.41, 5.74) is 3.48. The summed E-state index contributed by atoms with van der Waals surface area (Å²) in [5, 5.41) is 0. The molecule has 1 N–H and O–H groups in total. The van der Waals surface area contributed by atoms with E-state index in [9.17, 15) is 4.79 Å². The fourth-order valence-electron chi connectivity index (χ4n) is 3.99. The molecule has 1 amide bonds. The van der Waals surface area contributed by atoms with E-state index in [1.54, 1.807) is 0 Å². The molecule has 1 unspecified atom stereocenters. The van der Waals surface area contributed by atoms with Gasteiger partial charge in [0.15, 0.2) is 0 Å². The first-order valence-corrected chi connectivity index (χ1v) is 9.37. The van der Waals surface area contributed by atoms with Crippen molar-refractivity contribution in [2.24, 2.45) is 0 Å². The van der Waals surface area contributed by atoms with Gasteiger partial charge in [-0.05, 0) is 70.4 Å². The standard InChI is InChI=1S/C21H30N2O2/c1-5-8-16-11-12-17(23(16)20(24)25-21(2,3)4)13-15-14-22-19-10-7-6-9-18(15)19/h5-6,9,14,16-17,22H,1,7-8,10-13H2,2-4H3/t16-,17?/m0/s1. The van der Waals surface area contributed by atoms with E-state index in [0.29, 0.717) is 0 Å². The molecule has 1 fully saturated rings. The minimum Gasteiger partial charge on any atom is -0.444 e. The average Bonchev–Trinajstić information content (AvgIpc) is 3.11. The fraction of sp³-hybridized carbons (Fsp3) is 0.571. The van der Waals surface area contributed by atoms with Gasteiger partial charge in [0.05, 0.1) is 0 Å². The smallest absolute Gasteiger partial charge is 0.410 e. The minimum absolute atomic E-state index is 0.190. The Balaban J connectivity index is 1.79. The highest BCUT2D eigenvalue weighted by Gasteiger charge is 2.39. The molecule has 3 rings (SSSR count). The highest BCUT2D eigenvalue weighted by molar-refractivity contribution is 5.70. The summed E-state index contributed by atoms with van der Waals surface area (Å²) < 4.78 is 5.69. The van der Waals surface area contributed by atoms with E-state index in [4.69, 9.17) is 4.74 Å². The van der Waals surface area contributed by atoms with Gasteiger partial charge >= 0.3 is 6.09 Å². The second-order valence-electron chi connectivity index (χ2n) is 8.15. The van der Waals surface area contributed by atoms with E-state index in [1.807, 2.05) is 31.7 Å². The van der Waals surface area contributed by atoms with Crippen molar-refractivity contribution in [2.45, 2.75) is 77.0 Å². The van der Waals surface area contributed by atoms with Crippen LogP contribution in [0.3, 0.4) is 0 Å². The van der Waals surface area contributed by atoms with Gasteiger partial charge in [0, 0.05) is 24.0 Å². The number of nitrogens with one attached hydrogen (secondary N) is 1. The van der Waals surface area contributed by atoms with Crippen LogP contribution in [0.1, 0.15) is 63.3 Å². The number of hydrogen-bond acceptors (Lipinski definition) is 2. The molecule has 4 heteroatoms. The summed E-state index contributed by atoms with van der Waals surface area (Å²) in [6, 6.07) is 0.387. The monoisotopic (exact) mass is 342 g/mol. The number of carbonyl (C=O) groups excluding carboxylic acids is 1. The Morgan fingerprint density at radius 3 is 2.88 bits per heavy atom. The zero-order valence-electron chi connectivity index (χ0n) is 15.7. The second kappa shape index (κ2) is 7.11. The van der Waals surface area contributed by atoms with Crippen LogP contribution in [0.2, 0.25) is 0 Å². The van der Waals surface area contributed by atoms with E-state index < -0.39 is 5.60 Å². The quantitative estimate of drug-likeness (QED) is 0.794. The zero-order chi connectivity index (χ0) is 18.0. The highest BCUT2D eigenvalue weighted by Crippen LogP contribution is 2.33. The molecule has 25 heavy (non-hydrogen) atoms. The van der Waals surface area contributed by atoms with Gasteiger partial charge in [0.2, 0.25) is 0 Å². The molecular formula is C21H30N2O2. The second-order valence-corrected chi connectivity index (χ2v) is 8.15. The van der Waals surface area contributed by atoms with Crippen molar-refractivity contribution < 1.29 is 9.53 Å². The Hall–Kier alpha value is -1.97. The van der Waals surface area contributed by atoms with Crippen LogP contribution in [0, 0.1) is 0 Å². The summed E-state index contributed by atoms with van der Waals surface area (Å²) in [7, 11) is 0. The average molecular weight is 342 g/mol. The van der Waals surface area contributed by atoms with E-state index in [0.717, 1.165) is 38.5 Å². The summed E-state index contributed by atoms with van der Waals surface area (Å²) in [4.78, 5) is 18.2. The number of ether oxygens (including phenoxy) is 1. The molecule has 2 heterocycles. The predicted molar refractivity (Wildman–Crippen MR) is 102 cm³/mol. The van der Waals surface area contributed by atoms with Crippen LogP contribution in [0.4, 0.5) is 4.79 Å². The third kappa shape index (κ3) is 4.00. The molecule has 0 spiro atoms. The Morgan fingerprint density at radius 2 is 2.16 bits per heavy atom. The first-order chi connectivity index (χ1) is 11.9. The van der Waals surface area contributed by atoms with Gasteiger partial charge in [-0.3, -0.25) is 0 Å². The molecule has 1 aromatic rings. The molecule has 0 radical (unpaired) electrons. The molecule has 0 aromatic carbocycles. The maximum atomic E-state index is 12.8. The van der Waals surface area contributed by atoms with Gasteiger partial charge in [-0.15, -0.1) is 6.58 Å². The minimum atomic E-state index is -0.473. The number of nitrogens with zero attached hydrogens (tertiary/aromatic N) is 1. The van der Waals surface area contributed by atoms with Crippen molar-refractivity contribution >= 4 is 12.2 Å². The van der Waals surface area contributed by atoms with E-state index in [1.165, 1.54) is 16.8 Å². The van der Waals surface area contributed by atoms with Crippen LogP contribution in [0.25, 0.3) is 6.08 Å². The van der Waals surface area contributed by atoms with Crippen molar-refractivity contribution in [3.8, 4) is 0 Å². The summed E-state index contributed by atoms with van der Waals surface area (Å²) in [6.45, 7) is 9.63. The molecule has 0 saturated carbocycles. The lowest BCUT2D eigenvalue weighted by atomic mass is 9.97. The predicted octanol–water partition coefficient (Wildman–Crippen LogP) is 4.86. The van der Waals surface area contributed by atoms with Gasteiger partial charge in [0.1, 0.15) is 5.60 Å². The molecule has 1 aromatic heterocycles. The van der Waals surface area contributed by atoms with Crippen LogP contribution in [-0.2, 0) is 17.6 Å². The summed E-state index contributed by atoms with van der Waals surface area (Å²) in [6.07, 6.45) is 14.2. The van der Waals surface area contributed by atoms with Crippen molar-refractivity contribution in [1.82, 2.24) is 9.88 Å². The molecule has 4 nitrogen and oxygen atoms in total. The lowest BCUT2D eigenvalue weighted by Crippen LogP contribution is -2.44. The lowest BCUT2D eigenvalue weighted by Gasteiger charge is -2.32. The number of rotatable bonds is 4. The molecule has 2 atom stereocenters. The number of aromatic amines is 1. The molecule has 2 aliphatic rings. The number of carbonyl (C=O) groups is 1. The molecule has 136 valence electrons. The van der Waals surface area contributed by atoms with Gasteiger partial charge in [-0.2, -0.15) is 0 Å². The van der Waals surface area contributed by atoms with Crippen LogP contribution in [-0.4, -0.2) is 33.7 Å². The molecule has 0 bridgehead atoms. The largest absolute Gasteiger partial charge is 0.444 e. The van der Waals surface area contributed by atoms with E-state index in [-0.39, 0.29) is 18.2 Å². The third-order valence-electron chi connectivity index (χ3n) is 5.06. The number of hydrogen-bond donors (Lipinski definition) is 1. The normalized spacial score (nSPS) is 22.8. The first kappa shape index (κ1) is 17.8. The number of allylic oxidation sites excluding steroid dienone is 1. The number of H-pyrrole nitrogens is 1. The van der Waals surface area contributed by atoms with Gasteiger partial charge in [0.25, 0.3) is 0 Å². The van der Waals surface area contributed by atoms with Crippen LogP contribution in [0.15, 0.2) is 24.9 Å². The topological polar surface area (TPSA) is 45.3 Å². The number of aromatic nitrogens is 1. The lowest BCUT2D eigenvalue weighted by molar-refractivity contribution is 0.0149. The van der Waals surface area contributed by atoms with Gasteiger partial charge in [-0.1, -0.05) is 18.2 Å². The Kier molecular flexibility index (Phi) is 5.07. The summed E-state index contributed by atoms with van der Waals surface area (Å²) in [5.74, 6) is 0. The SMILES string of the molecule is C=CC[C@H]1CCC(Cc2c[nH]c3c2C=CCC3)N1C(=O)OC(C)(C)C. The van der Waals surface area contributed by atoms with Crippen molar-refractivity contribution in [3.05, 3.63) is 41.7 Å². The van der Waals surface area contributed by atoms with E-state index >= 15 is 0 Å². The zero-order valence-corrected chi connectivity index (χ0v) is 15.7. The molecule has 1 aliphatic carbocycles. The molecule has 1 aliphatic heterocycles. The molecular weight excluding hydrogens is 312 g/mol. The van der Waals surface area contributed by atoms with Crippen LogP contribution >= 0.6 is 0 Å². The maximum absolute atomic E-state index is 12.8. The van der Waals surface area contributed by atoms with Gasteiger partial charge < -0.3 is 14.6 Å². The van der Waals surface area contributed by atoms with Crippen LogP contribution in [0.5, 0.6) is 0 Å². The van der Waals surface area contributed by atoms with Crippen molar-refractivity contribution in [1.29, 1.82) is 0 Å².